The Morgan fingerprint density at radius 2 is 1.79 bits per heavy atom. The summed E-state index contributed by atoms with van der Waals surface area (Å²) in [5.74, 6) is 0. The second-order valence-electron chi connectivity index (χ2n) is 4.46. The minimum atomic E-state index is 0.188. The van der Waals surface area contributed by atoms with Crippen molar-refractivity contribution >= 4 is 27.5 Å². The summed E-state index contributed by atoms with van der Waals surface area (Å²) in [5, 5.41) is 4.36. The Kier molecular flexibility index (Phi) is 5.44. The van der Waals surface area contributed by atoms with Crippen LogP contribution in [0.5, 0.6) is 0 Å². The molecular formula is C16H17BrClN. The van der Waals surface area contributed by atoms with Crippen LogP contribution in [-0.2, 0) is 0 Å². The van der Waals surface area contributed by atoms with Crippen LogP contribution in [0.4, 0.5) is 0 Å². The minimum absolute atomic E-state index is 0.188. The van der Waals surface area contributed by atoms with Crippen LogP contribution in [0.1, 0.15) is 30.5 Å². The van der Waals surface area contributed by atoms with Crippen LogP contribution < -0.4 is 5.32 Å². The molecule has 0 heterocycles. The first-order valence-electron chi connectivity index (χ1n) is 6.45. The Bertz CT molecular complexity index is 525. The fourth-order valence-electron chi connectivity index (χ4n) is 2.06. The van der Waals surface area contributed by atoms with Gasteiger partial charge in [-0.05, 0) is 42.3 Å². The predicted octanol–water partition coefficient (Wildman–Crippen LogP) is 5.19. The number of nitrogens with one attached hydrogen (secondary N) is 1. The van der Waals surface area contributed by atoms with Gasteiger partial charge in [0.25, 0.3) is 0 Å². The Morgan fingerprint density at radius 3 is 2.42 bits per heavy atom. The van der Waals surface area contributed by atoms with Crippen molar-refractivity contribution in [3.05, 3.63) is 69.2 Å². The molecule has 0 amide bonds. The molecule has 0 saturated carbocycles. The average Bonchev–Trinajstić information content (AvgIpc) is 2.43. The lowest BCUT2D eigenvalue weighted by Gasteiger charge is -2.21. The van der Waals surface area contributed by atoms with E-state index >= 15 is 0 Å². The van der Waals surface area contributed by atoms with E-state index in [4.69, 9.17) is 11.6 Å². The fraction of sp³-hybridized carbons (Fsp3) is 0.250. The van der Waals surface area contributed by atoms with Gasteiger partial charge in [0, 0.05) is 9.50 Å². The van der Waals surface area contributed by atoms with E-state index in [1.807, 2.05) is 18.2 Å². The average molecular weight is 339 g/mol. The van der Waals surface area contributed by atoms with Crippen LogP contribution >= 0.6 is 27.5 Å². The van der Waals surface area contributed by atoms with Crippen LogP contribution in [0.2, 0.25) is 5.02 Å². The van der Waals surface area contributed by atoms with Crippen LogP contribution in [0, 0.1) is 0 Å². The van der Waals surface area contributed by atoms with E-state index in [0.29, 0.717) is 0 Å². The van der Waals surface area contributed by atoms with Gasteiger partial charge < -0.3 is 5.32 Å². The first kappa shape index (κ1) is 14.6. The molecule has 0 fully saturated rings. The molecule has 2 rings (SSSR count). The van der Waals surface area contributed by atoms with Gasteiger partial charge in [0.15, 0.2) is 0 Å². The summed E-state index contributed by atoms with van der Waals surface area (Å²) in [6.07, 6.45) is 1.11. The standard InChI is InChI=1S/C16H17BrClN/c1-2-11-19-16(12-7-9-13(18)10-8-12)14-5-3-4-6-15(14)17/h3-10,16,19H,2,11H2,1H3. The van der Waals surface area contributed by atoms with Gasteiger partial charge in [0.1, 0.15) is 0 Å². The predicted molar refractivity (Wildman–Crippen MR) is 85.7 cm³/mol. The summed E-state index contributed by atoms with van der Waals surface area (Å²) >= 11 is 9.60. The smallest absolute Gasteiger partial charge is 0.0587 e. The first-order chi connectivity index (χ1) is 9.22. The van der Waals surface area contributed by atoms with Gasteiger partial charge in [-0.1, -0.05) is 64.8 Å². The highest BCUT2D eigenvalue weighted by atomic mass is 79.9. The molecular weight excluding hydrogens is 322 g/mol. The topological polar surface area (TPSA) is 12.0 Å². The number of hydrogen-bond donors (Lipinski definition) is 1. The highest BCUT2D eigenvalue weighted by Crippen LogP contribution is 2.29. The van der Waals surface area contributed by atoms with Gasteiger partial charge >= 0.3 is 0 Å². The quantitative estimate of drug-likeness (QED) is 0.791. The normalized spacial score (nSPS) is 12.4. The van der Waals surface area contributed by atoms with Crippen molar-refractivity contribution in [3.63, 3.8) is 0 Å². The molecule has 1 atom stereocenters. The van der Waals surface area contributed by atoms with Crippen molar-refractivity contribution in [1.82, 2.24) is 5.32 Å². The number of hydrogen-bond acceptors (Lipinski definition) is 1. The summed E-state index contributed by atoms with van der Waals surface area (Å²) in [7, 11) is 0. The summed E-state index contributed by atoms with van der Waals surface area (Å²) < 4.78 is 1.12. The molecule has 0 spiro atoms. The maximum Gasteiger partial charge on any atom is 0.0587 e. The third-order valence-corrected chi connectivity index (χ3v) is 3.99. The molecule has 1 N–H and O–H groups in total. The maximum absolute atomic E-state index is 5.97. The molecule has 0 bridgehead atoms. The zero-order chi connectivity index (χ0) is 13.7. The lowest BCUT2D eigenvalue weighted by atomic mass is 9.98. The van der Waals surface area contributed by atoms with E-state index in [1.165, 1.54) is 11.1 Å². The fourth-order valence-corrected chi connectivity index (χ4v) is 2.70. The Labute approximate surface area is 128 Å². The molecule has 1 nitrogen and oxygen atoms in total. The number of benzene rings is 2. The SMILES string of the molecule is CCCNC(c1ccc(Cl)cc1)c1ccccc1Br. The lowest BCUT2D eigenvalue weighted by Crippen LogP contribution is -2.23. The molecule has 0 aromatic heterocycles. The molecule has 100 valence electrons. The van der Waals surface area contributed by atoms with E-state index in [9.17, 15) is 0 Å². The Morgan fingerprint density at radius 1 is 1.11 bits per heavy atom. The van der Waals surface area contributed by atoms with E-state index in [0.717, 1.165) is 22.5 Å². The zero-order valence-corrected chi connectivity index (χ0v) is 13.2. The van der Waals surface area contributed by atoms with Crippen LogP contribution in [0.15, 0.2) is 53.0 Å². The van der Waals surface area contributed by atoms with E-state index < -0.39 is 0 Å². The minimum Gasteiger partial charge on any atom is -0.306 e. The molecule has 1 unspecified atom stereocenters. The van der Waals surface area contributed by atoms with Crippen molar-refractivity contribution in [2.75, 3.05) is 6.54 Å². The summed E-state index contributed by atoms with van der Waals surface area (Å²) in [6, 6.07) is 16.5. The second-order valence-corrected chi connectivity index (χ2v) is 5.75. The Hall–Kier alpha value is -0.830. The van der Waals surface area contributed by atoms with Gasteiger partial charge in [-0.3, -0.25) is 0 Å². The van der Waals surface area contributed by atoms with Crippen molar-refractivity contribution in [3.8, 4) is 0 Å². The third-order valence-electron chi connectivity index (χ3n) is 3.02. The monoisotopic (exact) mass is 337 g/mol. The van der Waals surface area contributed by atoms with Crippen LogP contribution in [0.3, 0.4) is 0 Å². The summed E-state index contributed by atoms with van der Waals surface area (Å²) in [5.41, 5.74) is 2.48. The first-order valence-corrected chi connectivity index (χ1v) is 7.62. The van der Waals surface area contributed by atoms with Crippen LogP contribution in [-0.4, -0.2) is 6.54 Å². The van der Waals surface area contributed by atoms with Gasteiger partial charge in [0.05, 0.1) is 6.04 Å². The van der Waals surface area contributed by atoms with Gasteiger partial charge in [-0.15, -0.1) is 0 Å². The molecule has 0 aliphatic rings. The van der Waals surface area contributed by atoms with E-state index in [-0.39, 0.29) is 6.04 Å². The molecule has 0 aliphatic carbocycles. The van der Waals surface area contributed by atoms with Gasteiger partial charge in [-0.2, -0.15) is 0 Å². The lowest BCUT2D eigenvalue weighted by molar-refractivity contribution is 0.597. The highest BCUT2D eigenvalue weighted by Gasteiger charge is 2.15. The van der Waals surface area contributed by atoms with Crippen molar-refractivity contribution < 1.29 is 0 Å². The second kappa shape index (κ2) is 7.09. The van der Waals surface area contributed by atoms with Crippen LogP contribution in [0.25, 0.3) is 0 Å². The van der Waals surface area contributed by atoms with Crippen molar-refractivity contribution in [2.45, 2.75) is 19.4 Å². The van der Waals surface area contributed by atoms with Crippen molar-refractivity contribution in [1.29, 1.82) is 0 Å². The molecule has 0 saturated heterocycles. The van der Waals surface area contributed by atoms with Gasteiger partial charge in [0.2, 0.25) is 0 Å². The maximum atomic E-state index is 5.97. The van der Waals surface area contributed by atoms with E-state index in [1.54, 1.807) is 0 Å². The number of rotatable bonds is 5. The highest BCUT2D eigenvalue weighted by molar-refractivity contribution is 9.10. The Balaban J connectivity index is 2.35. The molecule has 2 aromatic carbocycles. The molecule has 0 radical (unpaired) electrons. The molecule has 19 heavy (non-hydrogen) atoms. The van der Waals surface area contributed by atoms with Crippen molar-refractivity contribution in [2.24, 2.45) is 0 Å². The largest absolute Gasteiger partial charge is 0.306 e. The summed E-state index contributed by atoms with van der Waals surface area (Å²) in [4.78, 5) is 0. The molecule has 2 aromatic rings. The van der Waals surface area contributed by atoms with Gasteiger partial charge in [-0.25, -0.2) is 0 Å². The number of halogens is 2. The third kappa shape index (κ3) is 3.82. The zero-order valence-electron chi connectivity index (χ0n) is 10.9. The molecule has 0 aliphatic heterocycles. The molecule has 3 heteroatoms. The summed E-state index contributed by atoms with van der Waals surface area (Å²) in [6.45, 7) is 3.15. The van der Waals surface area contributed by atoms with E-state index in [2.05, 4.69) is 58.5 Å².